The van der Waals surface area contributed by atoms with Crippen LogP contribution in [0.1, 0.15) is 21.6 Å². The molecule has 0 radical (unpaired) electrons. The molecule has 1 amide bonds. The molecule has 0 saturated carbocycles. The van der Waals surface area contributed by atoms with Crippen LogP contribution >= 0.6 is 0 Å². The van der Waals surface area contributed by atoms with E-state index in [-0.39, 0.29) is 11.4 Å². The Morgan fingerprint density at radius 1 is 1.09 bits per heavy atom. The van der Waals surface area contributed by atoms with Crippen LogP contribution in [0.5, 0.6) is 17.2 Å². The number of phenolic OH excluding ortho intramolecular Hbond substituents is 1. The van der Waals surface area contributed by atoms with Crippen LogP contribution in [-0.4, -0.2) is 34.5 Å². The molecule has 33 heavy (non-hydrogen) atoms. The number of rotatable bonds is 8. The van der Waals surface area contributed by atoms with Gasteiger partial charge in [0, 0.05) is 11.1 Å². The Morgan fingerprint density at radius 2 is 1.91 bits per heavy atom. The van der Waals surface area contributed by atoms with Crippen molar-refractivity contribution in [1.29, 1.82) is 0 Å². The molecule has 4 aromatic rings. The fourth-order valence-corrected chi connectivity index (χ4v) is 3.10. The molecule has 8 nitrogen and oxygen atoms in total. The largest absolute Gasteiger partial charge is 0.504 e. The SMILES string of the molecule is COc1cccc(/C=N\NC(=O)c2cc(-c3cccc(OCc4ccccc4)c3)n[nH]2)c1O. The van der Waals surface area contributed by atoms with Gasteiger partial charge in [-0.25, -0.2) is 5.43 Å². The maximum Gasteiger partial charge on any atom is 0.289 e. The summed E-state index contributed by atoms with van der Waals surface area (Å²) in [4.78, 5) is 12.4. The highest BCUT2D eigenvalue weighted by Crippen LogP contribution is 2.28. The summed E-state index contributed by atoms with van der Waals surface area (Å²) in [5.41, 5.74) is 5.54. The molecular weight excluding hydrogens is 420 g/mol. The third kappa shape index (κ3) is 5.37. The maximum atomic E-state index is 12.4. The van der Waals surface area contributed by atoms with Gasteiger partial charge >= 0.3 is 0 Å². The summed E-state index contributed by atoms with van der Waals surface area (Å²) in [6, 6.07) is 24.0. The van der Waals surface area contributed by atoms with E-state index in [1.54, 1.807) is 24.3 Å². The zero-order valence-electron chi connectivity index (χ0n) is 17.9. The number of aromatic nitrogens is 2. The lowest BCUT2D eigenvalue weighted by molar-refractivity contribution is 0.0950. The van der Waals surface area contributed by atoms with Crippen LogP contribution in [0.4, 0.5) is 0 Å². The number of H-pyrrole nitrogens is 1. The first-order valence-electron chi connectivity index (χ1n) is 10.2. The lowest BCUT2D eigenvalue weighted by Crippen LogP contribution is -2.18. The molecule has 1 heterocycles. The molecule has 0 aliphatic rings. The Hall–Kier alpha value is -4.59. The number of carbonyl (C=O) groups excluding carboxylic acids is 1. The number of hydrogen-bond acceptors (Lipinski definition) is 6. The van der Waals surface area contributed by atoms with Gasteiger partial charge in [0.1, 0.15) is 18.1 Å². The molecule has 3 N–H and O–H groups in total. The van der Waals surface area contributed by atoms with Gasteiger partial charge < -0.3 is 14.6 Å². The van der Waals surface area contributed by atoms with Crippen LogP contribution in [0, 0.1) is 0 Å². The number of hydrazone groups is 1. The van der Waals surface area contributed by atoms with Crippen LogP contribution in [-0.2, 0) is 6.61 Å². The Morgan fingerprint density at radius 3 is 2.73 bits per heavy atom. The Bertz CT molecular complexity index is 1270. The zero-order valence-corrected chi connectivity index (χ0v) is 17.9. The molecule has 0 bridgehead atoms. The first-order valence-corrected chi connectivity index (χ1v) is 10.2. The molecule has 0 atom stereocenters. The van der Waals surface area contributed by atoms with Crippen molar-refractivity contribution in [1.82, 2.24) is 15.6 Å². The van der Waals surface area contributed by atoms with Gasteiger partial charge in [-0.3, -0.25) is 9.89 Å². The van der Waals surface area contributed by atoms with E-state index in [0.717, 1.165) is 11.1 Å². The fraction of sp³-hybridized carbons (Fsp3) is 0.0800. The van der Waals surface area contributed by atoms with Crippen LogP contribution in [0.2, 0.25) is 0 Å². The minimum atomic E-state index is -0.469. The monoisotopic (exact) mass is 442 g/mol. The minimum absolute atomic E-state index is 0.0591. The van der Waals surface area contributed by atoms with Gasteiger partial charge in [-0.15, -0.1) is 0 Å². The number of benzene rings is 3. The van der Waals surface area contributed by atoms with E-state index in [1.165, 1.54) is 13.3 Å². The lowest BCUT2D eigenvalue weighted by Gasteiger charge is -2.07. The number of nitrogens with zero attached hydrogens (tertiary/aromatic N) is 2. The van der Waals surface area contributed by atoms with Crippen molar-refractivity contribution < 1.29 is 19.4 Å². The van der Waals surface area contributed by atoms with E-state index in [4.69, 9.17) is 9.47 Å². The van der Waals surface area contributed by atoms with Gasteiger partial charge in [0.2, 0.25) is 0 Å². The zero-order chi connectivity index (χ0) is 23.0. The number of nitrogens with one attached hydrogen (secondary N) is 2. The number of methoxy groups -OCH3 is 1. The van der Waals surface area contributed by atoms with Gasteiger partial charge in [0.15, 0.2) is 11.5 Å². The number of carbonyl (C=O) groups is 1. The summed E-state index contributed by atoms with van der Waals surface area (Å²) in [5, 5.41) is 20.9. The fourth-order valence-electron chi connectivity index (χ4n) is 3.10. The second-order valence-corrected chi connectivity index (χ2v) is 7.07. The number of aromatic amines is 1. The van der Waals surface area contributed by atoms with Crippen molar-refractivity contribution in [2.24, 2.45) is 5.10 Å². The predicted molar refractivity (Wildman–Crippen MR) is 125 cm³/mol. The van der Waals surface area contributed by atoms with Crippen LogP contribution in [0.15, 0.2) is 84.0 Å². The van der Waals surface area contributed by atoms with Crippen molar-refractivity contribution in [2.75, 3.05) is 7.11 Å². The van der Waals surface area contributed by atoms with Crippen molar-refractivity contribution in [3.8, 4) is 28.5 Å². The first kappa shape index (κ1) is 21.6. The molecule has 0 aliphatic heterocycles. The van der Waals surface area contributed by atoms with E-state index in [9.17, 15) is 9.90 Å². The van der Waals surface area contributed by atoms with E-state index in [1.807, 2.05) is 54.6 Å². The van der Waals surface area contributed by atoms with Crippen molar-refractivity contribution in [2.45, 2.75) is 6.61 Å². The highest BCUT2D eigenvalue weighted by Gasteiger charge is 2.11. The Labute approximate surface area is 190 Å². The van der Waals surface area contributed by atoms with Crippen LogP contribution in [0.25, 0.3) is 11.3 Å². The third-order valence-corrected chi connectivity index (χ3v) is 4.82. The third-order valence-electron chi connectivity index (χ3n) is 4.82. The summed E-state index contributed by atoms with van der Waals surface area (Å²) >= 11 is 0. The van der Waals surface area contributed by atoms with Crippen LogP contribution < -0.4 is 14.9 Å². The maximum absolute atomic E-state index is 12.4. The van der Waals surface area contributed by atoms with E-state index in [2.05, 4.69) is 20.7 Å². The number of hydrogen-bond donors (Lipinski definition) is 3. The summed E-state index contributed by atoms with van der Waals surface area (Å²) in [5.74, 6) is 0.492. The number of ether oxygens (including phenoxy) is 2. The lowest BCUT2D eigenvalue weighted by atomic mass is 10.1. The predicted octanol–water partition coefficient (Wildman–Crippen LogP) is 4.13. The normalized spacial score (nSPS) is 10.8. The van der Waals surface area contributed by atoms with E-state index in [0.29, 0.717) is 29.4 Å². The number of para-hydroxylation sites is 1. The first-order chi connectivity index (χ1) is 16.1. The average Bonchev–Trinajstić information content (AvgIpc) is 3.35. The Balaban J connectivity index is 1.40. The van der Waals surface area contributed by atoms with Crippen molar-refractivity contribution in [3.05, 3.63) is 95.7 Å². The van der Waals surface area contributed by atoms with Gasteiger partial charge in [0.05, 0.1) is 19.0 Å². The summed E-state index contributed by atoms with van der Waals surface area (Å²) in [6.07, 6.45) is 1.33. The second kappa shape index (κ2) is 10.1. The average molecular weight is 442 g/mol. The number of amides is 1. The number of phenols is 1. The summed E-state index contributed by atoms with van der Waals surface area (Å²) < 4.78 is 10.9. The minimum Gasteiger partial charge on any atom is -0.504 e. The summed E-state index contributed by atoms with van der Waals surface area (Å²) in [6.45, 7) is 0.458. The molecule has 1 aromatic heterocycles. The highest BCUT2D eigenvalue weighted by molar-refractivity contribution is 5.94. The molecule has 166 valence electrons. The molecule has 4 rings (SSSR count). The molecular formula is C25H22N4O4. The number of aromatic hydroxyl groups is 1. The molecule has 0 saturated heterocycles. The molecule has 8 heteroatoms. The highest BCUT2D eigenvalue weighted by atomic mass is 16.5. The van der Waals surface area contributed by atoms with Gasteiger partial charge in [-0.05, 0) is 35.9 Å². The molecule has 0 fully saturated rings. The quantitative estimate of drug-likeness (QED) is 0.281. The van der Waals surface area contributed by atoms with E-state index >= 15 is 0 Å². The van der Waals surface area contributed by atoms with E-state index < -0.39 is 5.91 Å². The molecule has 3 aromatic carbocycles. The standard InChI is InChI=1S/C25H22N4O4/c1-32-23-12-6-10-19(24(23)30)15-26-29-25(31)22-14-21(27-28-22)18-9-5-11-20(13-18)33-16-17-7-3-2-4-8-17/h2-15,30H,16H2,1H3,(H,27,28)(H,29,31)/b26-15-. The van der Waals surface area contributed by atoms with Crippen LogP contribution in [0.3, 0.4) is 0 Å². The van der Waals surface area contributed by atoms with Gasteiger partial charge in [0.25, 0.3) is 5.91 Å². The molecule has 0 spiro atoms. The Kier molecular flexibility index (Phi) is 6.65. The summed E-state index contributed by atoms with van der Waals surface area (Å²) in [7, 11) is 1.46. The van der Waals surface area contributed by atoms with Gasteiger partial charge in [-0.1, -0.05) is 48.5 Å². The van der Waals surface area contributed by atoms with Crippen molar-refractivity contribution >= 4 is 12.1 Å². The van der Waals surface area contributed by atoms with Gasteiger partial charge in [-0.2, -0.15) is 10.2 Å². The molecule has 0 unspecified atom stereocenters. The van der Waals surface area contributed by atoms with Crippen molar-refractivity contribution in [3.63, 3.8) is 0 Å². The molecule has 0 aliphatic carbocycles. The smallest absolute Gasteiger partial charge is 0.289 e. The topological polar surface area (TPSA) is 109 Å². The second-order valence-electron chi connectivity index (χ2n) is 7.07.